The van der Waals surface area contributed by atoms with Gasteiger partial charge in [-0.15, -0.1) is 0 Å². The van der Waals surface area contributed by atoms with Gasteiger partial charge in [0, 0.05) is 5.56 Å². The van der Waals surface area contributed by atoms with Crippen molar-refractivity contribution < 1.29 is 13.5 Å². The minimum absolute atomic E-state index is 0.0296. The molecule has 3 nitrogen and oxygen atoms in total. The lowest BCUT2D eigenvalue weighted by Crippen LogP contribution is -2.09. The Morgan fingerprint density at radius 1 is 1.19 bits per heavy atom. The molecule has 0 radical (unpaired) electrons. The van der Waals surface area contributed by atoms with Crippen LogP contribution in [0.1, 0.15) is 5.56 Å². The number of benzene rings is 2. The first kappa shape index (κ1) is 15.5. The molecule has 7 heteroatoms. The van der Waals surface area contributed by atoms with Gasteiger partial charge in [-0.05, 0) is 30.3 Å². The van der Waals surface area contributed by atoms with E-state index in [0.29, 0.717) is 22.0 Å². The number of nitrogens with one attached hydrogen (secondary N) is 1. The maximum Gasteiger partial charge on any atom is 0.387 e. The van der Waals surface area contributed by atoms with E-state index in [0.717, 1.165) is 0 Å². The van der Waals surface area contributed by atoms with Gasteiger partial charge < -0.3 is 15.8 Å². The van der Waals surface area contributed by atoms with Crippen molar-refractivity contribution in [2.45, 2.75) is 6.61 Å². The van der Waals surface area contributed by atoms with E-state index in [2.05, 4.69) is 10.1 Å². The van der Waals surface area contributed by atoms with Crippen LogP contribution in [0.15, 0.2) is 42.5 Å². The van der Waals surface area contributed by atoms with Crippen LogP contribution in [-0.4, -0.2) is 11.6 Å². The molecule has 2 aromatic carbocycles. The maximum atomic E-state index is 12.4. The minimum Gasteiger partial charge on any atom is -0.433 e. The normalized spacial score (nSPS) is 10.5. The zero-order chi connectivity index (χ0) is 15.4. The summed E-state index contributed by atoms with van der Waals surface area (Å²) in [6.45, 7) is -2.90. The summed E-state index contributed by atoms with van der Waals surface area (Å²) in [6.07, 6.45) is 0. The van der Waals surface area contributed by atoms with Crippen molar-refractivity contribution in [3.8, 4) is 5.75 Å². The third kappa shape index (κ3) is 4.03. The number of thiocarbonyl (C=S) groups is 1. The summed E-state index contributed by atoms with van der Waals surface area (Å²) in [6, 6.07) is 11.3. The van der Waals surface area contributed by atoms with Crippen LogP contribution in [0.25, 0.3) is 0 Å². The molecule has 3 N–H and O–H groups in total. The lowest BCUT2D eigenvalue weighted by atomic mass is 10.2. The Morgan fingerprint density at radius 2 is 1.90 bits per heavy atom. The van der Waals surface area contributed by atoms with Crippen molar-refractivity contribution in [3.05, 3.63) is 53.1 Å². The van der Waals surface area contributed by atoms with E-state index in [-0.39, 0.29) is 10.7 Å². The number of hydrogen-bond acceptors (Lipinski definition) is 3. The fraction of sp³-hybridized carbons (Fsp3) is 0.0714. The van der Waals surface area contributed by atoms with Gasteiger partial charge in [-0.3, -0.25) is 0 Å². The summed E-state index contributed by atoms with van der Waals surface area (Å²) in [5.41, 5.74) is 7.04. The topological polar surface area (TPSA) is 47.3 Å². The van der Waals surface area contributed by atoms with E-state index in [4.69, 9.17) is 29.6 Å². The van der Waals surface area contributed by atoms with Crippen LogP contribution in [0, 0.1) is 0 Å². The third-order valence-corrected chi connectivity index (χ3v) is 3.17. The first-order chi connectivity index (χ1) is 9.97. The Morgan fingerprint density at radius 3 is 2.52 bits per heavy atom. The smallest absolute Gasteiger partial charge is 0.387 e. The van der Waals surface area contributed by atoms with Gasteiger partial charge in [0.25, 0.3) is 0 Å². The molecule has 0 atom stereocenters. The van der Waals surface area contributed by atoms with Gasteiger partial charge in [-0.2, -0.15) is 8.78 Å². The fourth-order valence-electron chi connectivity index (χ4n) is 1.68. The highest BCUT2D eigenvalue weighted by atomic mass is 35.5. The number of anilines is 2. The molecule has 21 heavy (non-hydrogen) atoms. The SMILES string of the molecule is NC(=S)c1ccc(Nc2ccccc2OC(F)F)c(Cl)c1. The lowest BCUT2D eigenvalue weighted by molar-refractivity contribution is -0.0493. The molecule has 2 rings (SSSR count). The van der Waals surface area contributed by atoms with Gasteiger partial charge in [-0.1, -0.05) is 36.0 Å². The summed E-state index contributed by atoms with van der Waals surface area (Å²) >= 11 is 11.0. The van der Waals surface area contributed by atoms with Crippen LogP contribution < -0.4 is 15.8 Å². The van der Waals surface area contributed by atoms with Gasteiger partial charge >= 0.3 is 6.61 Å². The Hall–Kier alpha value is -1.92. The predicted octanol–water partition coefficient (Wildman–Crippen LogP) is 4.32. The van der Waals surface area contributed by atoms with Crippen LogP contribution in [0.4, 0.5) is 20.2 Å². The van der Waals surface area contributed by atoms with Crippen LogP contribution in [0.2, 0.25) is 5.02 Å². The molecule has 0 saturated heterocycles. The van der Waals surface area contributed by atoms with E-state index < -0.39 is 6.61 Å². The summed E-state index contributed by atoms with van der Waals surface area (Å²) < 4.78 is 29.2. The minimum atomic E-state index is -2.90. The van der Waals surface area contributed by atoms with Crippen molar-refractivity contribution >= 4 is 40.2 Å². The maximum absolute atomic E-state index is 12.4. The van der Waals surface area contributed by atoms with Gasteiger partial charge in [-0.25, -0.2) is 0 Å². The van der Waals surface area contributed by atoms with Crippen LogP contribution in [0.3, 0.4) is 0 Å². The zero-order valence-corrected chi connectivity index (χ0v) is 12.2. The predicted molar refractivity (Wildman–Crippen MR) is 83.7 cm³/mol. The second kappa shape index (κ2) is 6.69. The number of para-hydroxylation sites is 2. The number of nitrogens with two attached hydrogens (primary N) is 1. The van der Waals surface area contributed by atoms with Crippen LogP contribution in [0.5, 0.6) is 5.75 Å². The van der Waals surface area contributed by atoms with Crippen molar-refractivity contribution in [3.63, 3.8) is 0 Å². The Kier molecular flexibility index (Phi) is 4.93. The van der Waals surface area contributed by atoms with Crippen molar-refractivity contribution in [1.82, 2.24) is 0 Å². The average molecular weight is 329 g/mol. The van der Waals surface area contributed by atoms with Crippen molar-refractivity contribution in [1.29, 1.82) is 0 Å². The Balaban J connectivity index is 2.28. The summed E-state index contributed by atoms with van der Waals surface area (Å²) in [4.78, 5) is 0.227. The molecule has 0 aliphatic carbocycles. The highest BCUT2D eigenvalue weighted by Gasteiger charge is 2.11. The molecule has 0 saturated carbocycles. The molecule has 0 aromatic heterocycles. The number of halogens is 3. The molecule has 110 valence electrons. The largest absolute Gasteiger partial charge is 0.433 e. The fourth-order valence-corrected chi connectivity index (χ4v) is 2.04. The summed E-state index contributed by atoms with van der Waals surface area (Å²) in [5, 5.41) is 3.31. The number of ether oxygens (including phenoxy) is 1. The second-order valence-corrected chi connectivity index (χ2v) is 4.91. The monoisotopic (exact) mass is 328 g/mol. The quantitative estimate of drug-likeness (QED) is 0.802. The number of hydrogen-bond donors (Lipinski definition) is 2. The van der Waals surface area contributed by atoms with Gasteiger partial charge in [0.05, 0.1) is 16.4 Å². The highest BCUT2D eigenvalue weighted by Crippen LogP contribution is 2.32. The van der Waals surface area contributed by atoms with Gasteiger partial charge in [0.2, 0.25) is 0 Å². The molecule has 0 bridgehead atoms. The molecule has 0 spiro atoms. The van der Waals surface area contributed by atoms with Gasteiger partial charge in [0.15, 0.2) is 0 Å². The lowest BCUT2D eigenvalue weighted by Gasteiger charge is -2.14. The molecule has 0 unspecified atom stereocenters. The first-order valence-corrected chi connectivity index (χ1v) is 6.66. The number of rotatable bonds is 5. The third-order valence-electron chi connectivity index (χ3n) is 2.63. The molecular weight excluding hydrogens is 318 g/mol. The highest BCUT2D eigenvalue weighted by molar-refractivity contribution is 7.80. The van der Waals surface area contributed by atoms with Crippen LogP contribution in [-0.2, 0) is 0 Å². The number of alkyl halides is 2. The molecule has 0 aliphatic rings. The van der Waals surface area contributed by atoms with E-state index in [1.807, 2.05) is 0 Å². The molecule has 0 fully saturated rings. The molecule has 0 amide bonds. The van der Waals surface area contributed by atoms with E-state index in [1.54, 1.807) is 36.4 Å². The molecule has 0 heterocycles. The Bertz CT molecular complexity index is 667. The van der Waals surface area contributed by atoms with E-state index >= 15 is 0 Å². The Labute approximate surface area is 130 Å². The second-order valence-electron chi connectivity index (χ2n) is 4.06. The molecule has 2 aromatic rings. The molecule has 0 aliphatic heterocycles. The summed E-state index contributed by atoms with van der Waals surface area (Å²) in [5.74, 6) is 0.0296. The van der Waals surface area contributed by atoms with Crippen LogP contribution >= 0.6 is 23.8 Å². The van der Waals surface area contributed by atoms with Crippen molar-refractivity contribution in [2.75, 3.05) is 5.32 Å². The van der Waals surface area contributed by atoms with Crippen molar-refractivity contribution in [2.24, 2.45) is 5.73 Å². The first-order valence-electron chi connectivity index (χ1n) is 5.87. The van der Waals surface area contributed by atoms with E-state index in [9.17, 15) is 8.78 Å². The van der Waals surface area contributed by atoms with E-state index in [1.165, 1.54) is 6.07 Å². The molecular formula is C14H11ClF2N2OS. The standard InChI is InChI=1S/C14H11ClF2N2OS/c15-9-7-8(13(18)21)5-6-10(9)19-11-3-1-2-4-12(11)20-14(16)17/h1-7,14,19H,(H2,18,21). The van der Waals surface area contributed by atoms with Gasteiger partial charge in [0.1, 0.15) is 10.7 Å². The summed E-state index contributed by atoms with van der Waals surface area (Å²) in [7, 11) is 0. The average Bonchev–Trinajstić information content (AvgIpc) is 2.42. The zero-order valence-electron chi connectivity index (χ0n) is 10.6.